The summed E-state index contributed by atoms with van der Waals surface area (Å²) in [6.45, 7) is 4.63. The predicted molar refractivity (Wildman–Crippen MR) is 113 cm³/mol. The van der Waals surface area contributed by atoms with Crippen LogP contribution in [0.15, 0.2) is 58.0 Å². The maximum absolute atomic E-state index is 12.4. The molecule has 1 N–H and O–H groups in total. The summed E-state index contributed by atoms with van der Waals surface area (Å²) in [6, 6.07) is 14.7. The summed E-state index contributed by atoms with van der Waals surface area (Å²) < 4.78 is 1.66. The molecule has 0 aliphatic carbocycles. The molecule has 3 heterocycles. The molecule has 1 aromatic carbocycles. The van der Waals surface area contributed by atoms with Gasteiger partial charge in [-0.15, -0.1) is 22.7 Å². The van der Waals surface area contributed by atoms with E-state index in [2.05, 4.69) is 59.0 Å². The van der Waals surface area contributed by atoms with Gasteiger partial charge in [-0.3, -0.25) is 14.5 Å². The van der Waals surface area contributed by atoms with Crippen molar-refractivity contribution in [3.05, 3.63) is 91.0 Å². The highest BCUT2D eigenvalue weighted by Gasteiger charge is 2.16. The molecule has 138 valence electrons. The summed E-state index contributed by atoms with van der Waals surface area (Å²) >= 11 is 3.23. The Kier molecular flexibility index (Phi) is 5.20. The van der Waals surface area contributed by atoms with Crippen LogP contribution in [0.1, 0.15) is 40.4 Å². The lowest BCUT2D eigenvalue weighted by Gasteiger charge is -2.18. The number of benzene rings is 1. The van der Waals surface area contributed by atoms with Gasteiger partial charge in [0.2, 0.25) is 0 Å². The SMILES string of the molecule is CCc1ccc([C@@H](NCc2cc(=O)n3c(C)csc3n2)c2cccs2)cc1. The molecule has 0 aliphatic heterocycles. The molecule has 0 unspecified atom stereocenters. The zero-order chi connectivity index (χ0) is 18.8. The van der Waals surface area contributed by atoms with Crippen LogP contribution in [0.25, 0.3) is 4.96 Å². The van der Waals surface area contributed by atoms with Gasteiger partial charge in [0.1, 0.15) is 0 Å². The molecule has 0 spiro atoms. The lowest BCUT2D eigenvalue weighted by atomic mass is 10.0. The highest BCUT2D eigenvalue weighted by molar-refractivity contribution is 7.15. The first-order chi connectivity index (χ1) is 13.2. The second kappa shape index (κ2) is 7.76. The summed E-state index contributed by atoms with van der Waals surface area (Å²) in [7, 11) is 0. The molecule has 6 heteroatoms. The maximum atomic E-state index is 12.4. The van der Waals surface area contributed by atoms with Gasteiger partial charge < -0.3 is 0 Å². The number of aromatic nitrogens is 2. The van der Waals surface area contributed by atoms with Crippen LogP contribution in [0, 0.1) is 6.92 Å². The number of nitrogens with one attached hydrogen (secondary N) is 1. The van der Waals surface area contributed by atoms with Crippen molar-refractivity contribution < 1.29 is 0 Å². The second-order valence-corrected chi connectivity index (χ2v) is 8.32. The lowest BCUT2D eigenvalue weighted by molar-refractivity contribution is 0.604. The Hall–Kier alpha value is -2.28. The number of thiazole rings is 1. The molecule has 0 bridgehead atoms. The number of thiophene rings is 1. The Labute approximate surface area is 166 Å². The third-order valence-electron chi connectivity index (χ3n) is 4.66. The molecule has 4 aromatic rings. The van der Waals surface area contributed by atoms with Gasteiger partial charge >= 0.3 is 0 Å². The largest absolute Gasteiger partial charge is 0.300 e. The number of aryl methyl sites for hydroxylation is 2. The fourth-order valence-electron chi connectivity index (χ4n) is 3.18. The van der Waals surface area contributed by atoms with E-state index in [1.165, 1.54) is 27.3 Å². The van der Waals surface area contributed by atoms with Gasteiger partial charge in [0, 0.05) is 28.6 Å². The Morgan fingerprint density at radius 2 is 2.00 bits per heavy atom. The predicted octanol–water partition coefficient (Wildman–Crippen LogP) is 4.57. The van der Waals surface area contributed by atoms with Crippen molar-refractivity contribution in [2.75, 3.05) is 0 Å². The van der Waals surface area contributed by atoms with Crippen molar-refractivity contribution in [3.63, 3.8) is 0 Å². The minimum atomic E-state index is -0.0180. The summed E-state index contributed by atoms with van der Waals surface area (Å²) in [5.74, 6) is 0. The van der Waals surface area contributed by atoms with Gasteiger partial charge in [0.25, 0.3) is 5.56 Å². The van der Waals surface area contributed by atoms with Crippen molar-refractivity contribution in [2.24, 2.45) is 0 Å². The van der Waals surface area contributed by atoms with E-state index < -0.39 is 0 Å². The Morgan fingerprint density at radius 1 is 1.19 bits per heavy atom. The summed E-state index contributed by atoms with van der Waals surface area (Å²) in [5, 5.41) is 7.65. The van der Waals surface area contributed by atoms with Crippen LogP contribution in [-0.2, 0) is 13.0 Å². The van der Waals surface area contributed by atoms with Gasteiger partial charge in [0.15, 0.2) is 4.96 Å². The summed E-state index contributed by atoms with van der Waals surface area (Å²) in [4.78, 5) is 19.1. The van der Waals surface area contributed by atoms with Crippen LogP contribution in [-0.4, -0.2) is 9.38 Å². The maximum Gasteiger partial charge on any atom is 0.259 e. The molecule has 27 heavy (non-hydrogen) atoms. The highest BCUT2D eigenvalue weighted by Crippen LogP contribution is 2.27. The normalized spacial score (nSPS) is 12.5. The van der Waals surface area contributed by atoms with Crippen molar-refractivity contribution >= 4 is 27.6 Å². The summed E-state index contributed by atoms with van der Waals surface area (Å²) in [5.41, 5.74) is 4.24. The smallest absolute Gasteiger partial charge is 0.259 e. The van der Waals surface area contributed by atoms with Crippen molar-refractivity contribution in [3.8, 4) is 0 Å². The number of hydrogen-bond donors (Lipinski definition) is 1. The average Bonchev–Trinajstić information content (AvgIpc) is 3.33. The Morgan fingerprint density at radius 3 is 2.70 bits per heavy atom. The molecule has 0 saturated carbocycles. The molecular formula is C21H21N3OS2. The van der Waals surface area contributed by atoms with E-state index >= 15 is 0 Å². The first-order valence-corrected chi connectivity index (χ1v) is 10.7. The van der Waals surface area contributed by atoms with Crippen LogP contribution in [0.4, 0.5) is 0 Å². The monoisotopic (exact) mass is 395 g/mol. The number of rotatable bonds is 6. The Balaban J connectivity index is 1.61. The van der Waals surface area contributed by atoms with Crippen LogP contribution >= 0.6 is 22.7 Å². The van der Waals surface area contributed by atoms with Gasteiger partial charge in [-0.05, 0) is 35.9 Å². The average molecular weight is 396 g/mol. The third kappa shape index (κ3) is 3.74. The second-order valence-electron chi connectivity index (χ2n) is 6.51. The molecule has 0 fully saturated rings. The summed E-state index contributed by atoms with van der Waals surface area (Å²) in [6.07, 6.45) is 1.03. The zero-order valence-corrected chi connectivity index (χ0v) is 16.9. The van der Waals surface area contributed by atoms with Gasteiger partial charge in [0.05, 0.1) is 11.7 Å². The molecule has 1 atom stereocenters. The molecule has 3 aromatic heterocycles. The quantitative estimate of drug-likeness (QED) is 0.520. The topological polar surface area (TPSA) is 46.4 Å². The van der Waals surface area contributed by atoms with Gasteiger partial charge in [-0.2, -0.15) is 0 Å². The van der Waals surface area contributed by atoms with E-state index in [4.69, 9.17) is 0 Å². The highest BCUT2D eigenvalue weighted by atomic mass is 32.1. The zero-order valence-electron chi connectivity index (χ0n) is 15.3. The minimum Gasteiger partial charge on any atom is -0.300 e. The fourth-order valence-corrected chi connectivity index (χ4v) is 4.90. The minimum absolute atomic E-state index is 0.0180. The molecule has 0 amide bonds. The number of fused-ring (bicyclic) bond motifs is 1. The molecule has 0 radical (unpaired) electrons. The van der Waals surface area contributed by atoms with Crippen LogP contribution in [0.2, 0.25) is 0 Å². The van der Waals surface area contributed by atoms with Crippen LogP contribution in [0.3, 0.4) is 0 Å². The standard InChI is InChI=1S/C21H21N3OS2/c1-3-15-6-8-16(9-7-15)20(18-5-4-10-26-18)22-12-17-11-19(25)24-14(2)13-27-21(24)23-17/h4-11,13,20,22H,3,12H2,1-2H3/t20-/m1/s1. The number of hydrogen-bond acceptors (Lipinski definition) is 5. The van der Waals surface area contributed by atoms with Crippen molar-refractivity contribution in [2.45, 2.75) is 32.9 Å². The lowest BCUT2D eigenvalue weighted by Crippen LogP contribution is -2.24. The molecule has 4 nitrogen and oxygen atoms in total. The molecular weight excluding hydrogens is 374 g/mol. The van der Waals surface area contributed by atoms with E-state index in [0.717, 1.165) is 22.8 Å². The first kappa shape index (κ1) is 18.1. The van der Waals surface area contributed by atoms with Gasteiger partial charge in [-0.1, -0.05) is 37.3 Å². The first-order valence-electron chi connectivity index (χ1n) is 8.98. The van der Waals surface area contributed by atoms with E-state index in [-0.39, 0.29) is 11.6 Å². The molecule has 4 rings (SSSR count). The van der Waals surface area contributed by atoms with Crippen LogP contribution in [0.5, 0.6) is 0 Å². The Bertz CT molecular complexity index is 1090. The van der Waals surface area contributed by atoms with E-state index in [9.17, 15) is 4.79 Å². The number of nitrogens with zero attached hydrogens (tertiary/aromatic N) is 2. The van der Waals surface area contributed by atoms with E-state index in [1.54, 1.807) is 21.8 Å². The van der Waals surface area contributed by atoms with Crippen LogP contribution < -0.4 is 10.9 Å². The molecule has 0 aliphatic rings. The van der Waals surface area contributed by atoms with Gasteiger partial charge in [-0.25, -0.2) is 4.98 Å². The molecule has 0 saturated heterocycles. The third-order valence-corrected chi connectivity index (χ3v) is 6.55. The van der Waals surface area contributed by atoms with Crippen molar-refractivity contribution in [1.29, 1.82) is 0 Å². The van der Waals surface area contributed by atoms with Crippen molar-refractivity contribution in [1.82, 2.24) is 14.7 Å². The van der Waals surface area contributed by atoms with E-state index in [1.807, 2.05) is 12.3 Å². The van der Waals surface area contributed by atoms with E-state index in [0.29, 0.717) is 6.54 Å². The fraction of sp³-hybridized carbons (Fsp3) is 0.238.